The van der Waals surface area contributed by atoms with Crippen molar-refractivity contribution in [3.05, 3.63) is 71.0 Å². The Bertz CT molecular complexity index is 533. The topological polar surface area (TPSA) is 12.0 Å². The number of hydrogen-bond donors (Lipinski definition) is 1. The van der Waals surface area contributed by atoms with Gasteiger partial charge in [-0.1, -0.05) is 56.7 Å². The SMILES string of the molecule is CCCc1cccc(C(NCC)c2ccc(F)cc2)c1. The molecular weight excluding hydrogens is 249 g/mol. The quantitative estimate of drug-likeness (QED) is 0.817. The first kappa shape index (κ1) is 14.7. The zero-order valence-corrected chi connectivity index (χ0v) is 12.2. The van der Waals surface area contributed by atoms with Crippen LogP contribution < -0.4 is 5.32 Å². The summed E-state index contributed by atoms with van der Waals surface area (Å²) in [6, 6.07) is 15.5. The van der Waals surface area contributed by atoms with Gasteiger partial charge in [0.15, 0.2) is 0 Å². The third-order valence-corrected chi connectivity index (χ3v) is 3.43. The maximum Gasteiger partial charge on any atom is 0.123 e. The highest BCUT2D eigenvalue weighted by Crippen LogP contribution is 2.23. The van der Waals surface area contributed by atoms with E-state index in [1.54, 1.807) is 0 Å². The van der Waals surface area contributed by atoms with Crippen molar-refractivity contribution in [2.45, 2.75) is 32.7 Å². The fourth-order valence-corrected chi connectivity index (χ4v) is 2.50. The third-order valence-electron chi connectivity index (χ3n) is 3.43. The van der Waals surface area contributed by atoms with Gasteiger partial charge in [0, 0.05) is 0 Å². The first-order valence-electron chi connectivity index (χ1n) is 7.32. The molecule has 20 heavy (non-hydrogen) atoms. The van der Waals surface area contributed by atoms with Gasteiger partial charge in [-0.15, -0.1) is 0 Å². The van der Waals surface area contributed by atoms with Crippen LogP contribution in [0.3, 0.4) is 0 Å². The van der Waals surface area contributed by atoms with E-state index < -0.39 is 0 Å². The van der Waals surface area contributed by atoms with Gasteiger partial charge in [-0.3, -0.25) is 0 Å². The molecule has 0 amide bonds. The second-order valence-corrected chi connectivity index (χ2v) is 5.04. The van der Waals surface area contributed by atoms with Gasteiger partial charge in [0.05, 0.1) is 6.04 Å². The summed E-state index contributed by atoms with van der Waals surface area (Å²) in [6.07, 6.45) is 2.24. The number of nitrogens with one attached hydrogen (secondary N) is 1. The number of rotatable bonds is 6. The summed E-state index contributed by atoms with van der Waals surface area (Å²) in [7, 11) is 0. The predicted molar refractivity (Wildman–Crippen MR) is 82.4 cm³/mol. The van der Waals surface area contributed by atoms with Crippen molar-refractivity contribution in [2.24, 2.45) is 0 Å². The van der Waals surface area contributed by atoms with E-state index in [-0.39, 0.29) is 11.9 Å². The molecule has 2 rings (SSSR count). The predicted octanol–water partition coefficient (Wildman–Crippen LogP) is 4.48. The highest BCUT2D eigenvalue weighted by atomic mass is 19.1. The molecule has 0 bridgehead atoms. The zero-order valence-electron chi connectivity index (χ0n) is 12.2. The van der Waals surface area contributed by atoms with E-state index in [4.69, 9.17) is 0 Å². The molecule has 1 nitrogen and oxygen atoms in total. The molecule has 0 aliphatic rings. The van der Waals surface area contributed by atoms with Crippen molar-refractivity contribution in [1.29, 1.82) is 0 Å². The largest absolute Gasteiger partial charge is 0.307 e. The Morgan fingerprint density at radius 2 is 1.75 bits per heavy atom. The van der Waals surface area contributed by atoms with Crippen molar-refractivity contribution in [1.82, 2.24) is 5.32 Å². The van der Waals surface area contributed by atoms with Gasteiger partial charge in [0.25, 0.3) is 0 Å². The van der Waals surface area contributed by atoms with E-state index in [1.807, 2.05) is 12.1 Å². The van der Waals surface area contributed by atoms with Crippen LogP contribution in [0.1, 0.15) is 43.0 Å². The Labute approximate surface area is 120 Å². The highest BCUT2D eigenvalue weighted by molar-refractivity contribution is 5.34. The van der Waals surface area contributed by atoms with Gasteiger partial charge >= 0.3 is 0 Å². The number of benzene rings is 2. The normalized spacial score (nSPS) is 12.3. The fourth-order valence-electron chi connectivity index (χ4n) is 2.50. The standard InChI is InChI=1S/C18H22FN/c1-3-6-14-7-5-8-16(13-14)18(20-4-2)15-9-11-17(19)12-10-15/h5,7-13,18,20H,3-4,6H2,1-2H3. The molecule has 1 unspecified atom stereocenters. The lowest BCUT2D eigenvalue weighted by molar-refractivity contribution is 0.613. The maximum absolute atomic E-state index is 13.1. The molecule has 0 aromatic heterocycles. The second-order valence-electron chi connectivity index (χ2n) is 5.04. The van der Waals surface area contributed by atoms with Gasteiger partial charge in [-0.05, 0) is 41.8 Å². The summed E-state index contributed by atoms with van der Waals surface area (Å²) in [5, 5.41) is 3.48. The summed E-state index contributed by atoms with van der Waals surface area (Å²) >= 11 is 0. The Kier molecular flexibility index (Phi) is 5.31. The van der Waals surface area contributed by atoms with Crippen LogP contribution in [0.2, 0.25) is 0 Å². The highest BCUT2D eigenvalue weighted by Gasteiger charge is 2.13. The third kappa shape index (κ3) is 3.67. The molecule has 1 atom stereocenters. The Balaban J connectivity index is 2.32. The van der Waals surface area contributed by atoms with E-state index in [0.29, 0.717) is 0 Å². The molecule has 2 heteroatoms. The molecule has 2 aromatic rings. The smallest absolute Gasteiger partial charge is 0.123 e. The van der Waals surface area contributed by atoms with Gasteiger partial charge in [0.1, 0.15) is 5.82 Å². The van der Waals surface area contributed by atoms with Gasteiger partial charge in [0.2, 0.25) is 0 Å². The Morgan fingerprint density at radius 1 is 1.00 bits per heavy atom. The minimum Gasteiger partial charge on any atom is -0.307 e. The zero-order chi connectivity index (χ0) is 14.4. The van der Waals surface area contributed by atoms with Gasteiger partial charge < -0.3 is 5.32 Å². The molecule has 1 N–H and O–H groups in total. The van der Waals surface area contributed by atoms with E-state index in [9.17, 15) is 4.39 Å². The molecule has 0 saturated heterocycles. The summed E-state index contributed by atoms with van der Waals surface area (Å²) in [5.74, 6) is -0.191. The van der Waals surface area contributed by atoms with Crippen LogP contribution in [0.5, 0.6) is 0 Å². The molecular formula is C18H22FN. The summed E-state index contributed by atoms with van der Waals surface area (Å²) < 4.78 is 13.1. The van der Waals surface area contributed by atoms with Crippen LogP contribution in [-0.4, -0.2) is 6.54 Å². The van der Waals surface area contributed by atoms with Crippen LogP contribution in [-0.2, 0) is 6.42 Å². The molecule has 0 saturated carbocycles. The lowest BCUT2D eigenvalue weighted by atomic mass is 9.96. The van der Waals surface area contributed by atoms with Crippen LogP contribution in [0.15, 0.2) is 48.5 Å². The van der Waals surface area contributed by atoms with Crippen LogP contribution in [0.25, 0.3) is 0 Å². The van der Waals surface area contributed by atoms with Crippen LogP contribution in [0, 0.1) is 5.82 Å². The van der Waals surface area contributed by atoms with Crippen LogP contribution in [0.4, 0.5) is 4.39 Å². The van der Waals surface area contributed by atoms with Crippen molar-refractivity contribution in [3.63, 3.8) is 0 Å². The number of halogens is 1. The molecule has 0 fully saturated rings. The van der Waals surface area contributed by atoms with Crippen molar-refractivity contribution in [2.75, 3.05) is 6.54 Å². The summed E-state index contributed by atoms with van der Waals surface area (Å²) in [4.78, 5) is 0. The minimum absolute atomic E-state index is 0.123. The van der Waals surface area contributed by atoms with Gasteiger partial charge in [-0.2, -0.15) is 0 Å². The lowest BCUT2D eigenvalue weighted by Crippen LogP contribution is -2.22. The van der Waals surface area contributed by atoms with Crippen molar-refractivity contribution < 1.29 is 4.39 Å². The first-order chi connectivity index (χ1) is 9.74. The molecule has 0 aliphatic heterocycles. The molecule has 0 aliphatic carbocycles. The van der Waals surface area contributed by atoms with E-state index in [2.05, 4.69) is 43.4 Å². The summed E-state index contributed by atoms with van der Waals surface area (Å²) in [6.45, 7) is 5.15. The summed E-state index contributed by atoms with van der Waals surface area (Å²) in [5.41, 5.74) is 3.70. The van der Waals surface area contributed by atoms with E-state index in [1.165, 1.54) is 23.3 Å². The average molecular weight is 271 g/mol. The van der Waals surface area contributed by atoms with Gasteiger partial charge in [-0.25, -0.2) is 4.39 Å². The Morgan fingerprint density at radius 3 is 2.40 bits per heavy atom. The van der Waals surface area contributed by atoms with Crippen LogP contribution >= 0.6 is 0 Å². The van der Waals surface area contributed by atoms with Crippen molar-refractivity contribution in [3.8, 4) is 0 Å². The maximum atomic E-state index is 13.1. The number of hydrogen-bond acceptors (Lipinski definition) is 1. The number of aryl methyl sites for hydroxylation is 1. The monoisotopic (exact) mass is 271 g/mol. The first-order valence-corrected chi connectivity index (χ1v) is 7.32. The van der Waals surface area contributed by atoms with E-state index in [0.717, 1.165) is 24.9 Å². The molecule has 0 spiro atoms. The fraction of sp³-hybridized carbons (Fsp3) is 0.333. The molecule has 106 valence electrons. The van der Waals surface area contributed by atoms with Crippen molar-refractivity contribution >= 4 is 0 Å². The molecule has 2 aromatic carbocycles. The molecule has 0 heterocycles. The minimum atomic E-state index is -0.191. The lowest BCUT2D eigenvalue weighted by Gasteiger charge is -2.19. The molecule has 0 radical (unpaired) electrons. The Hall–Kier alpha value is -1.67. The average Bonchev–Trinajstić information content (AvgIpc) is 2.47. The second kappa shape index (κ2) is 7.20. The van der Waals surface area contributed by atoms with E-state index >= 15 is 0 Å².